The lowest BCUT2D eigenvalue weighted by atomic mass is 9.91. The summed E-state index contributed by atoms with van der Waals surface area (Å²) >= 11 is 0. The first-order chi connectivity index (χ1) is 10.3. The number of benzene rings is 1. The van der Waals surface area contributed by atoms with E-state index >= 15 is 0 Å². The summed E-state index contributed by atoms with van der Waals surface area (Å²) in [7, 11) is 0.939. The van der Waals surface area contributed by atoms with Crippen molar-refractivity contribution in [3.63, 3.8) is 0 Å². The average Bonchev–Trinajstić information content (AvgIpc) is 2.42. The van der Waals surface area contributed by atoms with Gasteiger partial charge >= 0.3 is 18.0 Å². The summed E-state index contributed by atoms with van der Waals surface area (Å²) in [5, 5.41) is 0. The molecule has 8 heteroatoms. The molecule has 1 rings (SSSR count). The van der Waals surface area contributed by atoms with Crippen molar-refractivity contribution in [2.24, 2.45) is 0 Å². The highest BCUT2D eigenvalue weighted by Gasteiger charge is 2.72. The van der Waals surface area contributed by atoms with Gasteiger partial charge in [-0.25, -0.2) is 4.39 Å². The Hall–Kier alpha value is -1.31. The quantitative estimate of drug-likeness (QED) is 0.620. The molecule has 0 N–H and O–H groups in total. The summed E-state index contributed by atoms with van der Waals surface area (Å²) < 4.78 is 94.3. The van der Waals surface area contributed by atoms with Gasteiger partial charge in [0, 0.05) is 13.5 Å². The van der Waals surface area contributed by atoms with Gasteiger partial charge in [-0.15, -0.1) is 0 Å². The Morgan fingerprint density at radius 1 is 0.826 bits per heavy atom. The van der Waals surface area contributed by atoms with Crippen molar-refractivity contribution in [1.29, 1.82) is 0 Å². The highest BCUT2D eigenvalue weighted by molar-refractivity contribution is 5.26. The van der Waals surface area contributed by atoms with Crippen LogP contribution in [0.5, 0.6) is 0 Å². The number of ether oxygens (including phenoxy) is 1. The van der Waals surface area contributed by atoms with Gasteiger partial charge in [0.1, 0.15) is 0 Å². The van der Waals surface area contributed by atoms with Gasteiger partial charge in [0.05, 0.1) is 6.10 Å². The van der Waals surface area contributed by atoms with E-state index < -0.39 is 30.5 Å². The molecule has 0 radical (unpaired) electrons. The van der Waals surface area contributed by atoms with E-state index in [2.05, 4.69) is 4.74 Å². The molecule has 1 atom stereocenters. The number of rotatable bonds is 5. The minimum Gasteiger partial charge on any atom is -0.377 e. The van der Waals surface area contributed by atoms with Crippen molar-refractivity contribution in [3.8, 4) is 0 Å². The van der Waals surface area contributed by atoms with Crippen LogP contribution < -0.4 is 0 Å². The normalized spacial score (nSPS) is 15.1. The van der Waals surface area contributed by atoms with Crippen molar-refractivity contribution >= 4 is 0 Å². The minimum absolute atomic E-state index is 0.0485. The molecular weight excluding hydrogens is 329 g/mol. The maximum atomic E-state index is 13.8. The molecule has 0 heterocycles. The van der Waals surface area contributed by atoms with Crippen LogP contribution in [0.2, 0.25) is 0 Å². The molecule has 1 unspecified atom stereocenters. The first-order valence-corrected chi connectivity index (χ1v) is 6.78. The average molecular weight is 346 g/mol. The molecule has 0 bridgehead atoms. The fourth-order valence-corrected chi connectivity index (χ4v) is 2.08. The van der Waals surface area contributed by atoms with E-state index in [-0.39, 0.29) is 11.5 Å². The van der Waals surface area contributed by atoms with Crippen LogP contribution in [0.1, 0.15) is 43.4 Å². The second-order valence-electron chi connectivity index (χ2n) is 5.55. The van der Waals surface area contributed by atoms with Crippen LogP contribution in [0.3, 0.4) is 0 Å². The summed E-state index contributed by atoms with van der Waals surface area (Å²) in [5.41, 5.74) is -4.44. The smallest absolute Gasteiger partial charge is 0.377 e. The lowest BCUT2D eigenvalue weighted by molar-refractivity contribution is -0.348. The molecule has 23 heavy (non-hydrogen) atoms. The summed E-state index contributed by atoms with van der Waals surface area (Å²) in [6.07, 6.45) is -15.7. The fraction of sp³-hybridized carbons (Fsp3) is 0.600. The number of hydrogen-bond acceptors (Lipinski definition) is 1. The molecule has 0 amide bonds. The van der Waals surface area contributed by atoms with Gasteiger partial charge in [-0.1, -0.05) is 38.1 Å². The number of halogens is 7. The SMILES string of the molecule is COC(CC(F)(C(F)(F)F)C(F)(F)F)c1ccc(C(C)C)cc1. The Bertz CT molecular complexity index is 488. The van der Waals surface area contributed by atoms with Crippen LogP contribution >= 0.6 is 0 Å². The van der Waals surface area contributed by atoms with Gasteiger partial charge in [-0.2, -0.15) is 26.3 Å². The predicted octanol–water partition coefficient (Wildman–Crippen LogP) is 5.72. The van der Waals surface area contributed by atoms with E-state index in [1.807, 2.05) is 13.8 Å². The highest BCUT2D eigenvalue weighted by atomic mass is 19.4. The molecule has 1 nitrogen and oxygen atoms in total. The summed E-state index contributed by atoms with van der Waals surface area (Å²) in [5.74, 6) is 0.135. The molecule has 0 saturated heterocycles. The molecule has 1 aromatic rings. The third kappa shape index (κ3) is 4.16. The van der Waals surface area contributed by atoms with E-state index in [0.717, 1.165) is 12.7 Å². The van der Waals surface area contributed by atoms with Gasteiger partial charge in [0.15, 0.2) is 0 Å². The van der Waals surface area contributed by atoms with Crippen molar-refractivity contribution in [2.75, 3.05) is 7.11 Å². The second-order valence-corrected chi connectivity index (χ2v) is 5.55. The zero-order valence-corrected chi connectivity index (χ0v) is 12.7. The Morgan fingerprint density at radius 3 is 1.52 bits per heavy atom. The molecule has 1 aromatic carbocycles. The van der Waals surface area contributed by atoms with Crippen molar-refractivity contribution in [1.82, 2.24) is 0 Å². The van der Waals surface area contributed by atoms with Crippen LogP contribution in [0.15, 0.2) is 24.3 Å². The molecular formula is C15H17F7O. The lowest BCUT2D eigenvalue weighted by Gasteiger charge is -2.32. The largest absolute Gasteiger partial charge is 0.431 e. The van der Waals surface area contributed by atoms with E-state index in [1.165, 1.54) is 12.1 Å². The predicted molar refractivity (Wildman–Crippen MR) is 70.8 cm³/mol. The molecule has 0 saturated carbocycles. The molecule has 0 aromatic heterocycles. The number of hydrogen-bond donors (Lipinski definition) is 0. The Balaban J connectivity index is 3.14. The van der Waals surface area contributed by atoms with Gasteiger partial charge in [0.25, 0.3) is 0 Å². The molecule has 0 aliphatic rings. The first-order valence-electron chi connectivity index (χ1n) is 6.78. The Morgan fingerprint density at radius 2 is 1.22 bits per heavy atom. The van der Waals surface area contributed by atoms with Crippen LogP contribution in [0.4, 0.5) is 30.7 Å². The summed E-state index contributed by atoms with van der Waals surface area (Å²) in [4.78, 5) is 0. The molecule has 132 valence electrons. The molecule has 0 fully saturated rings. The molecule has 0 spiro atoms. The van der Waals surface area contributed by atoms with E-state index in [9.17, 15) is 30.7 Å². The summed E-state index contributed by atoms with van der Waals surface area (Å²) in [6.45, 7) is 3.76. The van der Waals surface area contributed by atoms with Crippen molar-refractivity contribution in [2.45, 2.75) is 50.3 Å². The Kier molecular flexibility index (Phi) is 5.72. The molecule has 0 aliphatic carbocycles. The number of methoxy groups -OCH3 is 1. The lowest BCUT2D eigenvalue weighted by Crippen LogP contribution is -2.54. The standard InChI is InChI=1S/C15H17F7O/c1-9(2)10-4-6-11(7-5-10)12(23-3)8-13(16,14(17,18)19)15(20,21)22/h4-7,9,12H,8H2,1-3H3. The topological polar surface area (TPSA) is 9.23 Å². The van der Waals surface area contributed by atoms with Crippen molar-refractivity contribution in [3.05, 3.63) is 35.4 Å². The fourth-order valence-electron chi connectivity index (χ4n) is 2.08. The third-order valence-corrected chi connectivity index (χ3v) is 3.62. The van der Waals surface area contributed by atoms with Crippen LogP contribution in [0.25, 0.3) is 0 Å². The van der Waals surface area contributed by atoms with Gasteiger partial charge in [-0.05, 0) is 17.0 Å². The molecule has 0 aliphatic heterocycles. The Labute approximate surface area is 129 Å². The second kappa shape index (κ2) is 6.67. The number of alkyl halides is 7. The zero-order valence-electron chi connectivity index (χ0n) is 12.7. The minimum atomic E-state index is -6.08. The van der Waals surface area contributed by atoms with Crippen LogP contribution in [0, 0.1) is 0 Å². The first kappa shape index (κ1) is 19.7. The third-order valence-electron chi connectivity index (χ3n) is 3.62. The highest BCUT2D eigenvalue weighted by Crippen LogP contribution is 2.51. The summed E-state index contributed by atoms with van der Waals surface area (Å²) in [6, 6.07) is 5.81. The van der Waals surface area contributed by atoms with Crippen molar-refractivity contribution < 1.29 is 35.5 Å². The zero-order chi connectivity index (χ0) is 18.1. The van der Waals surface area contributed by atoms with Gasteiger partial charge in [-0.3, -0.25) is 0 Å². The van der Waals surface area contributed by atoms with E-state index in [1.54, 1.807) is 12.1 Å². The van der Waals surface area contributed by atoms with Crippen LogP contribution in [-0.2, 0) is 4.74 Å². The van der Waals surface area contributed by atoms with E-state index in [4.69, 9.17) is 0 Å². The van der Waals surface area contributed by atoms with Gasteiger partial charge < -0.3 is 4.74 Å². The monoisotopic (exact) mass is 346 g/mol. The maximum Gasteiger partial charge on any atom is 0.431 e. The maximum absolute atomic E-state index is 13.8. The van der Waals surface area contributed by atoms with Gasteiger partial charge in [0.2, 0.25) is 0 Å². The van der Waals surface area contributed by atoms with Crippen LogP contribution in [-0.4, -0.2) is 25.1 Å². The van der Waals surface area contributed by atoms with E-state index in [0.29, 0.717) is 0 Å².